The van der Waals surface area contributed by atoms with Crippen molar-refractivity contribution in [3.63, 3.8) is 0 Å². The van der Waals surface area contributed by atoms with Gasteiger partial charge in [0, 0.05) is 27.3 Å². The summed E-state index contributed by atoms with van der Waals surface area (Å²) in [6.45, 7) is 6.47. The summed E-state index contributed by atoms with van der Waals surface area (Å²) in [5, 5.41) is 10.1. The Hall–Kier alpha value is -1.18. The molecule has 0 aliphatic rings. The lowest BCUT2D eigenvalue weighted by Gasteiger charge is -2.20. The minimum atomic E-state index is -0.910. The van der Waals surface area contributed by atoms with Gasteiger partial charge in [0.25, 0.3) is 0 Å². The lowest BCUT2D eigenvalue weighted by atomic mass is 10.0. The predicted molar refractivity (Wildman–Crippen MR) is 83.7 cm³/mol. The zero-order valence-electron chi connectivity index (χ0n) is 13.1. The Kier molecular flexibility index (Phi) is 7.63. The first-order valence-corrected chi connectivity index (χ1v) is 7.83. The largest absolute Gasteiger partial charge is 0.477 e. The first-order valence-electron chi connectivity index (χ1n) is 7.01. The molecule has 0 saturated heterocycles. The van der Waals surface area contributed by atoms with E-state index < -0.39 is 5.97 Å². The Morgan fingerprint density at radius 3 is 2.33 bits per heavy atom. The van der Waals surface area contributed by atoms with Crippen molar-refractivity contribution >= 4 is 22.4 Å². The van der Waals surface area contributed by atoms with E-state index in [1.807, 2.05) is 18.7 Å². The van der Waals surface area contributed by atoms with E-state index in [4.69, 9.17) is 9.47 Å². The highest BCUT2D eigenvalue weighted by molar-refractivity contribution is 7.17. The highest BCUT2D eigenvalue weighted by Gasteiger charge is 2.23. The summed E-state index contributed by atoms with van der Waals surface area (Å²) >= 11 is 1.22. The molecule has 0 aliphatic heterocycles. The van der Waals surface area contributed by atoms with E-state index in [1.165, 1.54) is 11.3 Å². The van der Waals surface area contributed by atoms with Crippen LogP contribution in [-0.4, -0.2) is 56.6 Å². The van der Waals surface area contributed by atoms with Gasteiger partial charge in [0.15, 0.2) is 5.13 Å². The monoisotopic (exact) mass is 316 g/mol. The third kappa shape index (κ3) is 4.94. The normalized spacial score (nSPS) is 12.4. The number of thiazole rings is 1. The standard InChI is InChI=1S/C14H24N2O4S/c1-5-10(2)11-12(13(17)18)21-14(15-11)16(6-8-19-3)7-9-20-4/h10H,5-9H2,1-4H3,(H,17,18). The van der Waals surface area contributed by atoms with Crippen LogP contribution in [0.4, 0.5) is 5.13 Å². The first kappa shape index (κ1) is 17.9. The molecule has 0 aromatic carbocycles. The molecule has 21 heavy (non-hydrogen) atoms. The first-order chi connectivity index (χ1) is 10.0. The molecule has 0 saturated carbocycles. The van der Waals surface area contributed by atoms with E-state index in [1.54, 1.807) is 14.2 Å². The number of ether oxygens (including phenoxy) is 2. The van der Waals surface area contributed by atoms with Gasteiger partial charge in [-0.25, -0.2) is 9.78 Å². The summed E-state index contributed by atoms with van der Waals surface area (Å²) in [6.07, 6.45) is 0.861. The quantitative estimate of drug-likeness (QED) is 0.715. The van der Waals surface area contributed by atoms with Crippen molar-refractivity contribution in [3.8, 4) is 0 Å². The molecule has 1 N–H and O–H groups in total. The van der Waals surface area contributed by atoms with E-state index >= 15 is 0 Å². The van der Waals surface area contributed by atoms with Crippen molar-refractivity contribution in [3.05, 3.63) is 10.6 Å². The average molecular weight is 316 g/mol. The highest BCUT2D eigenvalue weighted by atomic mass is 32.1. The van der Waals surface area contributed by atoms with Crippen LogP contribution in [0.15, 0.2) is 0 Å². The van der Waals surface area contributed by atoms with Crippen molar-refractivity contribution in [2.45, 2.75) is 26.2 Å². The molecule has 0 spiro atoms. The molecule has 120 valence electrons. The van der Waals surface area contributed by atoms with Crippen molar-refractivity contribution in [2.24, 2.45) is 0 Å². The summed E-state index contributed by atoms with van der Waals surface area (Å²) in [5.41, 5.74) is 0.671. The lowest BCUT2D eigenvalue weighted by molar-refractivity contribution is 0.0700. The molecule has 0 fully saturated rings. The van der Waals surface area contributed by atoms with Crippen molar-refractivity contribution in [2.75, 3.05) is 45.4 Å². The van der Waals surface area contributed by atoms with Crippen LogP contribution in [0.1, 0.15) is 41.6 Å². The maximum absolute atomic E-state index is 11.4. The van der Waals surface area contributed by atoms with Crippen LogP contribution in [-0.2, 0) is 9.47 Å². The van der Waals surface area contributed by atoms with Crippen LogP contribution in [0.3, 0.4) is 0 Å². The Labute approximate surface area is 129 Å². The Morgan fingerprint density at radius 1 is 1.33 bits per heavy atom. The number of carboxylic acids is 1. The molecule has 0 radical (unpaired) electrons. The number of aromatic nitrogens is 1. The zero-order chi connectivity index (χ0) is 15.8. The van der Waals surface area contributed by atoms with E-state index in [-0.39, 0.29) is 5.92 Å². The van der Waals surface area contributed by atoms with Gasteiger partial charge in [-0.05, 0) is 12.3 Å². The Morgan fingerprint density at radius 2 is 1.90 bits per heavy atom. The van der Waals surface area contributed by atoms with Gasteiger partial charge < -0.3 is 19.5 Å². The molecule has 0 aliphatic carbocycles. The topological polar surface area (TPSA) is 71.9 Å². The smallest absolute Gasteiger partial charge is 0.347 e. The average Bonchev–Trinajstić information content (AvgIpc) is 2.92. The number of anilines is 1. The van der Waals surface area contributed by atoms with Gasteiger partial charge in [-0.1, -0.05) is 25.2 Å². The van der Waals surface area contributed by atoms with Gasteiger partial charge in [0.2, 0.25) is 0 Å². The molecule has 1 unspecified atom stereocenters. The molecule has 0 bridgehead atoms. The fourth-order valence-electron chi connectivity index (χ4n) is 1.84. The van der Waals surface area contributed by atoms with Gasteiger partial charge in [0.05, 0.1) is 18.9 Å². The summed E-state index contributed by atoms with van der Waals surface area (Å²) in [7, 11) is 3.28. The minimum Gasteiger partial charge on any atom is -0.477 e. The Bertz CT molecular complexity index is 442. The second-order valence-electron chi connectivity index (χ2n) is 4.80. The molecule has 1 atom stereocenters. The SMILES string of the molecule is CCC(C)c1nc(N(CCOC)CCOC)sc1C(=O)O. The molecule has 1 aromatic heterocycles. The summed E-state index contributed by atoms with van der Waals surface area (Å²) in [4.78, 5) is 18.3. The van der Waals surface area contributed by atoms with Crippen LogP contribution >= 0.6 is 11.3 Å². The molecule has 1 aromatic rings. The number of carbonyl (C=O) groups is 1. The molecular weight excluding hydrogens is 292 g/mol. The van der Waals surface area contributed by atoms with E-state index in [9.17, 15) is 9.90 Å². The maximum atomic E-state index is 11.4. The summed E-state index contributed by atoms with van der Waals surface area (Å²) in [6, 6.07) is 0. The third-order valence-corrected chi connectivity index (χ3v) is 4.44. The van der Waals surface area contributed by atoms with Crippen molar-refractivity contribution < 1.29 is 19.4 Å². The number of aromatic carboxylic acids is 1. The second-order valence-corrected chi connectivity index (χ2v) is 5.78. The van der Waals surface area contributed by atoms with E-state index in [2.05, 4.69) is 4.98 Å². The fraction of sp³-hybridized carbons (Fsp3) is 0.714. The number of rotatable bonds is 10. The summed E-state index contributed by atoms with van der Waals surface area (Å²) in [5.74, 6) is -0.778. The molecule has 6 nitrogen and oxygen atoms in total. The number of nitrogens with zero attached hydrogens (tertiary/aromatic N) is 2. The number of carboxylic acid groups (broad SMARTS) is 1. The third-order valence-electron chi connectivity index (χ3n) is 3.32. The van der Waals surface area contributed by atoms with Gasteiger partial charge in [-0.2, -0.15) is 0 Å². The van der Waals surface area contributed by atoms with E-state index in [0.717, 1.165) is 11.6 Å². The molecule has 0 amide bonds. The highest BCUT2D eigenvalue weighted by Crippen LogP contribution is 2.32. The van der Waals surface area contributed by atoms with Crippen LogP contribution < -0.4 is 4.90 Å². The minimum absolute atomic E-state index is 0.132. The second kappa shape index (κ2) is 8.96. The number of methoxy groups -OCH3 is 2. The summed E-state index contributed by atoms with van der Waals surface area (Å²) < 4.78 is 10.2. The molecular formula is C14H24N2O4S. The van der Waals surface area contributed by atoms with E-state index in [0.29, 0.717) is 36.9 Å². The number of hydrogen-bond acceptors (Lipinski definition) is 6. The zero-order valence-corrected chi connectivity index (χ0v) is 13.9. The van der Waals surface area contributed by atoms with Crippen LogP contribution in [0.25, 0.3) is 0 Å². The van der Waals surface area contributed by atoms with Gasteiger partial charge in [-0.15, -0.1) is 0 Å². The molecule has 7 heteroatoms. The van der Waals surface area contributed by atoms with Gasteiger partial charge >= 0.3 is 5.97 Å². The van der Waals surface area contributed by atoms with Crippen LogP contribution in [0, 0.1) is 0 Å². The predicted octanol–water partition coefficient (Wildman–Crippen LogP) is 2.45. The van der Waals surface area contributed by atoms with Crippen molar-refractivity contribution in [1.29, 1.82) is 0 Å². The van der Waals surface area contributed by atoms with Crippen LogP contribution in [0.2, 0.25) is 0 Å². The van der Waals surface area contributed by atoms with Gasteiger partial charge in [-0.3, -0.25) is 0 Å². The fourth-order valence-corrected chi connectivity index (χ4v) is 2.92. The van der Waals surface area contributed by atoms with Gasteiger partial charge in [0.1, 0.15) is 4.88 Å². The van der Waals surface area contributed by atoms with Crippen LogP contribution in [0.5, 0.6) is 0 Å². The Balaban J connectivity index is 3.03. The number of hydrogen-bond donors (Lipinski definition) is 1. The van der Waals surface area contributed by atoms with Crippen molar-refractivity contribution in [1.82, 2.24) is 4.98 Å². The molecule has 1 rings (SSSR count). The lowest BCUT2D eigenvalue weighted by Crippen LogP contribution is -2.30. The maximum Gasteiger partial charge on any atom is 0.347 e. The molecule has 1 heterocycles.